The van der Waals surface area contributed by atoms with Crippen molar-refractivity contribution in [3.63, 3.8) is 0 Å². The number of benzene rings is 1. The molecule has 1 aromatic carbocycles. The van der Waals surface area contributed by atoms with E-state index in [1.54, 1.807) is 13.8 Å². The minimum Gasteiger partial charge on any atom is -0.361 e. The van der Waals surface area contributed by atoms with Crippen LogP contribution in [0.25, 0.3) is 0 Å². The van der Waals surface area contributed by atoms with Crippen LogP contribution in [-0.2, 0) is 0 Å². The first kappa shape index (κ1) is 12.2. The number of carbonyl (C=O) groups excluding carboxylic acids is 1. The highest BCUT2D eigenvalue weighted by molar-refractivity contribution is 6.05. The second kappa shape index (κ2) is 4.56. The minimum absolute atomic E-state index is 0.0394. The summed E-state index contributed by atoms with van der Waals surface area (Å²) >= 11 is 0. The molecule has 94 valence electrons. The summed E-state index contributed by atoms with van der Waals surface area (Å²) < 4.78 is 30.8. The lowest BCUT2D eigenvalue weighted by Gasteiger charge is -2.05. The Balaban J connectivity index is 2.27. The van der Waals surface area contributed by atoms with Crippen molar-refractivity contribution in [3.8, 4) is 0 Å². The molecule has 6 heteroatoms. The molecule has 0 spiro atoms. The Morgan fingerprint density at radius 1 is 1.22 bits per heavy atom. The lowest BCUT2D eigenvalue weighted by molar-refractivity contribution is 0.102. The average molecular weight is 252 g/mol. The van der Waals surface area contributed by atoms with Crippen molar-refractivity contribution in [1.29, 1.82) is 0 Å². The topological polar surface area (TPSA) is 55.1 Å². The number of hydrogen-bond acceptors (Lipinski definition) is 3. The van der Waals surface area contributed by atoms with Gasteiger partial charge in [-0.05, 0) is 26.0 Å². The predicted molar refractivity (Wildman–Crippen MR) is 60.3 cm³/mol. The van der Waals surface area contributed by atoms with Crippen LogP contribution in [0, 0.1) is 25.5 Å². The molecule has 0 fully saturated rings. The zero-order valence-electron chi connectivity index (χ0n) is 9.75. The number of carbonyl (C=O) groups is 1. The van der Waals surface area contributed by atoms with E-state index < -0.39 is 17.5 Å². The van der Waals surface area contributed by atoms with E-state index in [2.05, 4.69) is 10.5 Å². The Labute approximate surface area is 102 Å². The van der Waals surface area contributed by atoms with Gasteiger partial charge in [-0.15, -0.1) is 0 Å². The molecule has 2 rings (SSSR count). The lowest BCUT2D eigenvalue weighted by atomic mass is 10.2. The first-order valence-electron chi connectivity index (χ1n) is 5.17. The number of aromatic nitrogens is 1. The molecule has 0 unspecified atom stereocenters. The highest BCUT2D eigenvalue weighted by Crippen LogP contribution is 2.17. The highest BCUT2D eigenvalue weighted by atomic mass is 19.1. The maximum Gasteiger partial charge on any atom is 0.261 e. The molecular weight excluding hydrogens is 242 g/mol. The van der Waals surface area contributed by atoms with Gasteiger partial charge in [-0.25, -0.2) is 8.78 Å². The molecule has 0 bridgehead atoms. The summed E-state index contributed by atoms with van der Waals surface area (Å²) in [5.41, 5.74) is 0.721. The van der Waals surface area contributed by atoms with E-state index in [1.807, 2.05) is 0 Å². The van der Waals surface area contributed by atoms with Crippen molar-refractivity contribution >= 4 is 11.6 Å². The van der Waals surface area contributed by atoms with Crippen LogP contribution < -0.4 is 5.32 Å². The molecule has 4 nitrogen and oxygen atoms in total. The molecule has 0 radical (unpaired) electrons. The van der Waals surface area contributed by atoms with Crippen molar-refractivity contribution in [2.24, 2.45) is 0 Å². The second-order valence-corrected chi connectivity index (χ2v) is 3.81. The maximum atomic E-state index is 13.0. The van der Waals surface area contributed by atoms with Gasteiger partial charge in [0.15, 0.2) is 0 Å². The molecular formula is C12H10F2N2O2. The predicted octanol–water partition coefficient (Wildman–Crippen LogP) is 2.82. The van der Waals surface area contributed by atoms with Gasteiger partial charge in [0.05, 0.1) is 5.69 Å². The van der Waals surface area contributed by atoms with Gasteiger partial charge in [-0.3, -0.25) is 4.79 Å². The molecule has 0 saturated carbocycles. The maximum absolute atomic E-state index is 13.0. The summed E-state index contributed by atoms with van der Waals surface area (Å²) in [4.78, 5) is 11.9. The van der Waals surface area contributed by atoms with Crippen LogP contribution in [0.2, 0.25) is 0 Å². The van der Waals surface area contributed by atoms with E-state index in [9.17, 15) is 13.6 Å². The van der Waals surface area contributed by atoms with E-state index in [0.29, 0.717) is 11.5 Å². The fraction of sp³-hybridized carbons (Fsp3) is 0.167. The van der Waals surface area contributed by atoms with Gasteiger partial charge < -0.3 is 9.84 Å². The highest BCUT2D eigenvalue weighted by Gasteiger charge is 2.17. The monoisotopic (exact) mass is 252 g/mol. The van der Waals surface area contributed by atoms with Crippen LogP contribution in [0.4, 0.5) is 14.5 Å². The summed E-state index contributed by atoms with van der Waals surface area (Å²) in [5, 5.41) is 6.02. The fourth-order valence-electron chi connectivity index (χ4n) is 1.63. The molecule has 0 saturated heterocycles. The van der Waals surface area contributed by atoms with E-state index in [4.69, 9.17) is 4.52 Å². The summed E-state index contributed by atoms with van der Waals surface area (Å²) in [6.45, 7) is 3.19. The van der Waals surface area contributed by atoms with E-state index >= 15 is 0 Å². The van der Waals surface area contributed by atoms with Gasteiger partial charge in [-0.1, -0.05) is 5.16 Å². The largest absolute Gasteiger partial charge is 0.361 e. The molecule has 1 N–H and O–H groups in total. The zero-order chi connectivity index (χ0) is 13.3. The van der Waals surface area contributed by atoms with Gasteiger partial charge in [0.1, 0.15) is 23.0 Å². The van der Waals surface area contributed by atoms with Crippen LogP contribution in [-0.4, -0.2) is 11.1 Å². The van der Waals surface area contributed by atoms with Crippen LogP contribution in [0.15, 0.2) is 22.7 Å². The van der Waals surface area contributed by atoms with E-state index in [-0.39, 0.29) is 11.3 Å². The third-order valence-electron chi connectivity index (χ3n) is 2.38. The van der Waals surface area contributed by atoms with Crippen molar-refractivity contribution in [3.05, 3.63) is 46.9 Å². The van der Waals surface area contributed by atoms with Gasteiger partial charge in [-0.2, -0.15) is 0 Å². The summed E-state index contributed by atoms with van der Waals surface area (Å²) in [7, 11) is 0. The summed E-state index contributed by atoms with van der Waals surface area (Å²) in [5.74, 6) is -1.69. The Morgan fingerprint density at radius 2 is 1.83 bits per heavy atom. The number of nitrogens with one attached hydrogen (secondary N) is 1. The third kappa shape index (κ3) is 2.37. The minimum atomic E-state index is -0.760. The molecule has 0 atom stereocenters. The first-order valence-corrected chi connectivity index (χ1v) is 5.17. The van der Waals surface area contributed by atoms with Crippen LogP contribution in [0.3, 0.4) is 0 Å². The van der Waals surface area contributed by atoms with Gasteiger partial charge in [0.2, 0.25) is 0 Å². The van der Waals surface area contributed by atoms with Crippen LogP contribution in [0.5, 0.6) is 0 Å². The number of aryl methyl sites for hydroxylation is 2. The van der Waals surface area contributed by atoms with E-state index in [0.717, 1.165) is 18.2 Å². The van der Waals surface area contributed by atoms with E-state index in [1.165, 1.54) is 0 Å². The molecule has 1 aromatic heterocycles. The SMILES string of the molecule is Cc1noc(C)c1C(=O)Nc1cc(F)cc(F)c1. The zero-order valence-corrected chi connectivity index (χ0v) is 9.75. The van der Waals surface area contributed by atoms with Crippen molar-refractivity contribution in [2.45, 2.75) is 13.8 Å². The standard InChI is InChI=1S/C12H10F2N2O2/c1-6-11(7(2)18-16-6)12(17)15-10-4-8(13)3-9(14)5-10/h3-5H,1-2H3,(H,15,17). The van der Waals surface area contributed by atoms with Gasteiger partial charge in [0.25, 0.3) is 5.91 Å². The Morgan fingerprint density at radius 3 is 2.33 bits per heavy atom. The second-order valence-electron chi connectivity index (χ2n) is 3.81. The van der Waals surface area contributed by atoms with Crippen molar-refractivity contribution in [2.75, 3.05) is 5.32 Å². The number of anilines is 1. The molecule has 1 amide bonds. The van der Waals surface area contributed by atoms with Crippen LogP contribution >= 0.6 is 0 Å². The first-order chi connectivity index (χ1) is 8.47. The van der Waals surface area contributed by atoms with Crippen molar-refractivity contribution in [1.82, 2.24) is 5.16 Å². The normalized spacial score (nSPS) is 10.4. The third-order valence-corrected chi connectivity index (χ3v) is 2.38. The molecule has 0 aliphatic rings. The lowest BCUT2D eigenvalue weighted by Crippen LogP contribution is -2.13. The van der Waals surface area contributed by atoms with Crippen molar-refractivity contribution < 1.29 is 18.1 Å². The number of hydrogen-bond donors (Lipinski definition) is 1. The molecule has 0 aliphatic heterocycles. The number of halogens is 2. The number of amides is 1. The number of rotatable bonds is 2. The van der Waals surface area contributed by atoms with Crippen LogP contribution in [0.1, 0.15) is 21.8 Å². The summed E-state index contributed by atoms with van der Waals surface area (Å²) in [6, 6.07) is 2.78. The Kier molecular flexibility index (Phi) is 3.10. The van der Waals surface area contributed by atoms with Gasteiger partial charge in [0, 0.05) is 11.8 Å². The molecule has 1 heterocycles. The Hall–Kier alpha value is -2.24. The average Bonchev–Trinajstić information content (AvgIpc) is 2.56. The molecule has 0 aliphatic carbocycles. The number of nitrogens with zero attached hydrogens (tertiary/aromatic N) is 1. The fourth-order valence-corrected chi connectivity index (χ4v) is 1.63. The quantitative estimate of drug-likeness (QED) is 0.894. The smallest absolute Gasteiger partial charge is 0.261 e. The molecule has 2 aromatic rings. The molecule has 18 heavy (non-hydrogen) atoms. The van der Waals surface area contributed by atoms with Gasteiger partial charge >= 0.3 is 0 Å². The Bertz CT molecular complexity index is 568. The summed E-state index contributed by atoms with van der Waals surface area (Å²) in [6.07, 6.45) is 0.